The number of ether oxygens (including phenoxy) is 2. The molecule has 1 heterocycles. The third-order valence-electron chi connectivity index (χ3n) is 2.93. The average Bonchev–Trinajstić information content (AvgIpc) is 2.44. The minimum absolute atomic E-state index is 0.0161. The van der Waals surface area contributed by atoms with Crippen LogP contribution in [0.15, 0.2) is 12.1 Å². The van der Waals surface area contributed by atoms with Crippen LogP contribution >= 0.6 is 11.6 Å². The highest BCUT2D eigenvalue weighted by Gasteiger charge is 2.18. The fourth-order valence-electron chi connectivity index (χ4n) is 2.05. The van der Waals surface area contributed by atoms with E-state index in [0.29, 0.717) is 23.9 Å². The second-order valence-corrected chi connectivity index (χ2v) is 6.64. The van der Waals surface area contributed by atoms with Crippen molar-refractivity contribution in [2.24, 2.45) is 0 Å². The van der Waals surface area contributed by atoms with Gasteiger partial charge >= 0.3 is 0 Å². The Morgan fingerprint density at radius 2 is 2.29 bits per heavy atom. The highest BCUT2D eigenvalue weighted by Crippen LogP contribution is 2.32. The number of benzene rings is 1. The molecule has 0 unspecified atom stereocenters. The molecule has 1 aromatic rings. The lowest BCUT2D eigenvalue weighted by atomic mass is 10.1. The fraction of sp³-hybridized carbons (Fsp3) is 0.500. The summed E-state index contributed by atoms with van der Waals surface area (Å²) in [4.78, 5) is 11.6. The molecule has 0 saturated carbocycles. The summed E-state index contributed by atoms with van der Waals surface area (Å²) in [6, 6.07) is 3.50. The van der Waals surface area contributed by atoms with Crippen LogP contribution in [0.2, 0.25) is 5.02 Å². The van der Waals surface area contributed by atoms with Crippen molar-refractivity contribution in [2.45, 2.75) is 25.7 Å². The smallest absolute Gasteiger partial charge is 0.232 e. The van der Waals surface area contributed by atoms with Gasteiger partial charge in [-0.05, 0) is 18.6 Å². The predicted molar refractivity (Wildman–Crippen MR) is 81.8 cm³/mol. The number of halogens is 1. The van der Waals surface area contributed by atoms with Gasteiger partial charge in [0.05, 0.1) is 12.4 Å². The zero-order valence-corrected chi connectivity index (χ0v) is 13.4. The standard InChI is InChI=1S/C14H18ClNO4S/c1-2-3-16-13(17)8-21(18)7-11-5-12(15)4-10-6-19-9-20-14(10)11/h4-5H,2-3,6-9H2,1H3,(H,16,17)/t21-/m0/s1. The van der Waals surface area contributed by atoms with E-state index in [1.54, 1.807) is 12.1 Å². The normalized spacial score (nSPS) is 15.0. The van der Waals surface area contributed by atoms with E-state index in [4.69, 9.17) is 21.1 Å². The van der Waals surface area contributed by atoms with Gasteiger partial charge in [0.1, 0.15) is 11.5 Å². The van der Waals surface area contributed by atoms with Crippen LogP contribution in [0.5, 0.6) is 5.75 Å². The van der Waals surface area contributed by atoms with Crippen LogP contribution in [0.1, 0.15) is 24.5 Å². The molecule has 1 aromatic carbocycles. The third kappa shape index (κ3) is 4.69. The molecule has 0 saturated heterocycles. The minimum atomic E-state index is -1.30. The SMILES string of the molecule is CCCNC(=O)C[S@@](=O)Cc1cc(Cl)cc2c1OCOC2. The summed E-state index contributed by atoms with van der Waals surface area (Å²) in [5, 5.41) is 3.26. The van der Waals surface area contributed by atoms with Crippen LogP contribution in [0.25, 0.3) is 0 Å². The molecular formula is C14H18ClNO4S. The van der Waals surface area contributed by atoms with Gasteiger partial charge in [0.15, 0.2) is 6.79 Å². The Kier molecular flexibility index (Phi) is 6.02. The van der Waals surface area contributed by atoms with Gasteiger partial charge < -0.3 is 14.8 Å². The second-order valence-electron chi connectivity index (χ2n) is 4.74. The van der Waals surface area contributed by atoms with Gasteiger partial charge in [-0.25, -0.2) is 0 Å². The minimum Gasteiger partial charge on any atom is -0.467 e. The van der Waals surface area contributed by atoms with E-state index in [-0.39, 0.29) is 24.2 Å². The molecule has 7 heteroatoms. The summed E-state index contributed by atoms with van der Waals surface area (Å²) in [5.74, 6) is 0.698. The first-order chi connectivity index (χ1) is 10.1. The van der Waals surface area contributed by atoms with Gasteiger partial charge in [-0.15, -0.1) is 0 Å². The van der Waals surface area contributed by atoms with Crippen LogP contribution < -0.4 is 10.1 Å². The van der Waals surface area contributed by atoms with Gasteiger partial charge in [-0.2, -0.15) is 0 Å². The van der Waals surface area contributed by atoms with E-state index in [2.05, 4.69) is 5.32 Å². The Labute approximate surface area is 131 Å². The van der Waals surface area contributed by atoms with Crippen LogP contribution in [-0.4, -0.2) is 29.2 Å². The lowest BCUT2D eigenvalue weighted by Crippen LogP contribution is -2.29. The molecule has 0 spiro atoms. The van der Waals surface area contributed by atoms with E-state index < -0.39 is 10.8 Å². The molecule has 0 bridgehead atoms. The number of hydrogen-bond acceptors (Lipinski definition) is 4. The average molecular weight is 332 g/mol. The molecule has 1 aliphatic rings. The zero-order valence-electron chi connectivity index (χ0n) is 11.8. The lowest BCUT2D eigenvalue weighted by molar-refractivity contribution is -0.118. The van der Waals surface area contributed by atoms with Gasteiger partial charge in [0.2, 0.25) is 5.91 Å². The Morgan fingerprint density at radius 3 is 3.05 bits per heavy atom. The monoisotopic (exact) mass is 331 g/mol. The quantitative estimate of drug-likeness (QED) is 0.865. The highest BCUT2D eigenvalue weighted by molar-refractivity contribution is 7.84. The maximum atomic E-state index is 12.1. The molecule has 0 radical (unpaired) electrons. The maximum Gasteiger partial charge on any atom is 0.232 e. The van der Waals surface area contributed by atoms with Crippen molar-refractivity contribution >= 4 is 28.3 Å². The topological polar surface area (TPSA) is 64.6 Å². The number of carbonyl (C=O) groups is 1. The summed E-state index contributed by atoms with van der Waals surface area (Å²) in [6.45, 7) is 3.16. The van der Waals surface area contributed by atoms with E-state index in [1.807, 2.05) is 6.92 Å². The zero-order chi connectivity index (χ0) is 15.2. The predicted octanol–water partition coefficient (Wildman–Crippen LogP) is 1.98. The maximum absolute atomic E-state index is 12.1. The summed E-state index contributed by atoms with van der Waals surface area (Å²) in [6.07, 6.45) is 0.855. The molecule has 2 rings (SSSR count). The number of nitrogens with one attached hydrogen (secondary N) is 1. The summed E-state index contributed by atoms with van der Waals surface area (Å²) >= 11 is 6.05. The van der Waals surface area contributed by atoms with Crippen LogP contribution in [0.3, 0.4) is 0 Å². The number of fused-ring (bicyclic) bond motifs is 1. The molecule has 1 aliphatic heterocycles. The van der Waals surface area contributed by atoms with Gasteiger partial charge in [0, 0.05) is 33.5 Å². The van der Waals surface area contributed by atoms with Crippen LogP contribution in [0.4, 0.5) is 0 Å². The van der Waals surface area contributed by atoms with Crippen molar-refractivity contribution in [3.63, 3.8) is 0 Å². The first kappa shape index (κ1) is 16.3. The van der Waals surface area contributed by atoms with Gasteiger partial charge in [-0.1, -0.05) is 18.5 Å². The largest absolute Gasteiger partial charge is 0.467 e. The number of rotatable bonds is 6. The molecule has 5 nitrogen and oxygen atoms in total. The molecule has 1 atom stereocenters. The molecule has 0 aliphatic carbocycles. The van der Waals surface area contributed by atoms with Crippen molar-refractivity contribution in [3.8, 4) is 5.75 Å². The Bertz CT molecular complexity index is 550. The number of amides is 1. The summed E-state index contributed by atoms with van der Waals surface area (Å²) < 4.78 is 22.8. The van der Waals surface area contributed by atoms with Crippen molar-refractivity contribution < 1.29 is 18.5 Å². The Hall–Kier alpha value is -1.11. The molecule has 1 amide bonds. The highest BCUT2D eigenvalue weighted by atomic mass is 35.5. The molecular weight excluding hydrogens is 314 g/mol. The van der Waals surface area contributed by atoms with Crippen molar-refractivity contribution in [2.75, 3.05) is 19.1 Å². The van der Waals surface area contributed by atoms with Crippen LogP contribution in [0, 0.1) is 0 Å². The lowest BCUT2D eigenvalue weighted by Gasteiger charge is -2.21. The molecule has 0 aromatic heterocycles. The van der Waals surface area contributed by atoms with Crippen molar-refractivity contribution in [1.29, 1.82) is 0 Å². The van der Waals surface area contributed by atoms with E-state index >= 15 is 0 Å². The summed E-state index contributed by atoms with van der Waals surface area (Å²) in [7, 11) is -1.30. The molecule has 0 fully saturated rings. The van der Waals surface area contributed by atoms with Gasteiger partial charge in [0.25, 0.3) is 0 Å². The van der Waals surface area contributed by atoms with Gasteiger partial charge in [-0.3, -0.25) is 9.00 Å². The first-order valence-corrected chi connectivity index (χ1v) is 8.60. The number of carbonyl (C=O) groups excluding carboxylic acids is 1. The Balaban J connectivity index is 2.04. The van der Waals surface area contributed by atoms with E-state index in [9.17, 15) is 9.00 Å². The second kappa shape index (κ2) is 7.77. The Morgan fingerprint density at radius 1 is 1.48 bits per heavy atom. The van der Waals surface area contributed by atoms with E-state index in [1.165, 1.54) is 0 Å². The fourth-order valence-corrected chi connectivity index (χ4v) is 3.37. The molecule has 1 N–H and O–H groups in total. The molecule has 21 heavy (non-hydrogen) atoms. The number of hydrogen-bond donors (Lipinski definition) is 1. The first-order valence-electron chi connectivity index (χ1n) is 6.73. The molecule has 116 valence electrons. The summed E-state index contributed by atoms with van der Waals surface area (Å²) in [5.41, 5.74) is 1.60. The van der Waals surface area contributed by atoms with Crippen molar-refractivity contribution in [3.05, 3.63) is 28.3 Å². The third-order valence-corrected chi connectivity index (χ3v) is 4.37. The van der Waals surface area contributed by atoms with Crippen LogP contribution in [-0.2, 0) is 32.7 Å². The van der Waals surface area contributed by atoms with Crippen molar-refractivity contribution in [1.82, 2.24) is 5.32 Å². The van der Waals surface area contributed by atoms with E-state index in [0.717, 1.165) is 17.5 Å².